The summed E-state index contributed by atoms with van der Waals surface area (Å²) in [7, 11) is 0. The quantitative estimate of drug-likeness (QED) is 0.331. The van der Waals surface area contributed by atoms with Crippen LogP contribution in [0, 0.1) is 5.82 Å². The zero-order valence-corrected chi connectivity index (χ0v) is 18.4. The monoisotopic (exact) mass is 472 g/mol. The Morgan fingerprint density at radius 2 is 1.66 bits per heavy atom. The Labute approximate surface area is 199 Å². The molecule has 0 saturated carbocycles. The molecule has 4 rings (SSSR count). The lowest BCUT2D eigenvalue weighted by molar-refractivity contribution is -0.120. The number of hydrogen-bond donors (Lipinski definition) is 4. The fraction of sp³-hybridized carbons (Fsp3) is 0.0769. The molecule has 0 aliphatic rings. The second-order valence-corrected chi connectivity index (χ2v) is 7.70. The number of hydrogen-bond acceptors (Lipinski definition) is 4. The molecule has 0 spiro atoms. The molecule has 0 radical (unpaired) electrons. The molecule has 3 amide bonds. The molecular formula is C26H21FN4O4. The molecule has 35 heavy (non-hydrogen) atoms. The maximum absolute atomic E-state index is 13.3. The zero-order chi connectivity index (χ0) is 24.8. The second kappa shape index (κ2) is 10.4. The summed E-state index contributed by atoms with van der Waals surface area (Å²) in [6.45, 7) is -0.171. The lowest BCUT2D eigenvalue weighted by atomic mass is 10.1. The van der Waals surface area contributed by atoms with Crippen LogP contribution >= 0.6 is 0 Å². The molecule has 3 aromatic carbocycles. The SMILES string of the molecule is O=C(CNC(=O)c1c[nH]c2ccccc2c1=O)NCc1cccc(NC(=O)c2cccc(F)c2)c1. The van der Waals surface area contributed by atoms with E-state index in [0.717, 1.165) is 6.07 Å². The normalized spacial score (nSPS) is 10.5. The van der Waals surface area contributed by atoms with Gasteiger partial charge in [0, 0.05) is 34.9 Å². The first-order chi connectivity index (χ1) is 16.9. The number of benzene rings is 3. The Balaban J connectivity index is 1.30. The molecule has 176 valence electrons. The third-order valence-corrected chi connectivity index (χ3v) is 5.20. The smallest absolute Gasteiger partial charge is 0.257 e. The fourth-order valence-corrected chi connectivity index (χ4v) is 3.45. The van der Waals surface area contributed by atoms with Crippen molar-refractivity contribution in [1.29, 1.82) is 0 Å². The highest BCUT2D eigenvalue weighted by Gasteiger charge is 2.14. The molecule has 4 aromatic rings. The van der Waals surface area contributed by atoms with Gasteiger partial charge in [-0.15, -0.1) is 0 Å². The predicted octanol–water partition coefficient (Wildman–Crippen LogP) is 2.97. The van der Waals surface area contributed by atoms with E-state index in [1.807, 2.05) is 0 Å². The van der Waals surface area contributed by atoms with Crippen molar-refractivity contribution in [1.82, 2.24) is 15.6 Å². The zero-order valence-electron chi connectivity index (χ0n) is 18.4. The summed E-state index contributed by atoms with van der Waals surface area (Å²) >= 11 is 0. The third-order valence-electron chi connectivity index (χ3n) is 5.20. The van der Waals surface area contributed by atoms with Crippen molar-refractivity contribution in [2.24, 2.45) is 0 Å². The van der Waals surface area contributed by atoms with Crippen LogP contribution in [-0.2, 0) is 11.3 Å². The van der Waals surface area contributed by atoms with Crippen molar-refractivity contribution in [2.75, 3.05) is 11.9 Å². The van der Waals surface area contributed by atoms with E-state index < -0.39 is 29.0 Å². The average Bonchev–Trinajstić information content (AvgIpc) is 2.86. The van der Waals surface area contributed by atoms with Gasteiger partial charge in [0.2, 0.25) is 11.3 Å². The summed E-state index contributed by atoms with van der Waals surface area (Å²) in [6.07, 6.45) is 1.32. The molecule has 0 aliphatic heterocycles. The summed E-state index contributed by atoms with van der Waals surface area (Å²) < 4.78 is 13.3. The highest BCUT2D eigenvalue weighted by atomic mass is 19.1. The maximum Gasteiger partial charge on any atom is 0.257 e. The Kier molecular flexibility index (Phi) is 6.96. The van der Waals surface area contributed by atoms with E-state index in [1.54, 1.807) is 48.5 Å². The van der Waals surface area contributed by atoms with E-state index in [0.29, 0.717) is 22.2 Å². The molecular weight excluding hydrogens is 451 g/mol. The van der Waals surface area contributed by atoms with Crippen LogP contribution in [0.4, 0.5) is 10.1 Å². The second-order valence-electron chi connectivity index (χ2n) is 7.70. The van der Waals surface area contributed by atoms with Crippen LogP contribution < -0.4 is 21.4 Å². The number of pyridine rings is 1. The van der Waals surface area contributed by atoms with Gasteiger partial charge in [-0.1, -0.05) is 30.3 Å². The van der Waals surface area contributed by atoms with Gasteiger partial charge in [-0.3, -0.25) is 19.2 Å². The average molecular weight is 472 g/mol. The van der Waals surface area contributed by atoms with Crippen molar-refractivity contribution < 1.29 is 18.8 Å². The minimum atomic E-state index is -0.658. The molecule has 1 heterocycles. The number of aromatic amines is 1. The lowest BCUT2D eigenvalue weighted by Crippen LogP contribution is -2.38. The summed E-state index contributed by atoms with van der Waals surface area (Å²) in [5.41, 5.74) is 1.47. The van der Waals surface area contributed by atoms with Gasteiger partial charge in [-0.25, -0.2) is 4.39 Å². The van der Waals surface area contributed by atoms with E-state index in [2.05, 4.69) is 20.9 Å². The highest BCUT2D eigenvalue weighted by molar-refractivity contribution is 6.04. The van der Waals surface area contributed by atoms with E-state index in [9.17, 15) is 23.6 Å². The largest absolute Gasteiger partial charge is 0.360 e. The number of H-pyrrole nitrogens is 1. The minimum Gasteiger partial charge on any atom is -0.360 e. The van der Waals surface area contributed by atoms with Gasteiger partial charge in [-0.05, 0) is 48.0 Å². The minimum absolute atomic E-state index is 0.0850. The third kappa shape index (κ3) is 5.77. The number of aromatic nitrogens is 1. The first-order valence-corrected chi connectivity index (χ1v) is 10.7. The van der Waals surface area contributed by atoms with Gasteiger partial charge in [-0.2, -0.15) is 0 Å². The topological polar surface area (TPSA) is 120 Å². The first kappa shape index (κ1) is 23.4. The number of carbonyl (C=O) groups excluding carboxylic acids is 3. The van der Waals surface area contributed by atoms with Crippen LogP contribution in [-0.4, -0.2) is 29.3 Å². The summed E-state index contributed by atoms with van der Waals surface area (Å²) in [6, 6.07) is 19.0. The van der Waals surface area contributed by atoms with Crippen molar-refractivity contribution >= 4 is 34.3 Å². The molecule has 4 N–H and O–H groups in total. The molecule has 0 fully saturated rings. The van der Waals surface area contributed by atoms with Crippen molar-refractivity contribution in [3.05, 3.63) is 112 Å². The molecule has 1 aromatic heterocycles. The standard InChI is InChI=1S/C26H21FN4O4/c27-18-7-4-6-17(12-18)25(34)31-19-8-3-5-16(11-19)13-29-23(32)15-30-26(35)21-14-28-22-10-2-1-9-20(22)24(21)33/h1-12,14H,13,15H2,(H,28,33)(H,29,32)(H,30,35)(H,31,34). The lowest BCUT2D eigenvalue weighted by Gasteiger charge is -2.10. The van der Waals surface area contributed by atoms with E-state index in [-0.39, 0.29) is 24.2 Å². The Bertz CT molecular complexity index is 1480. The van der Waals surface area contributed by atoms with Crippen LogP contribution in [0.5, 0.6) is 0 Å². The predicted molar refractivity (Wildman–Crippen MR) is 130 cm³/mol. The highest BCUT2D eigenvalue weighted by Crippen LogP contribution is 2.13. The van der Waals surface area contributed by atoms with E-state index in [1.165, 1.54) is 24.4 Å². The molecule has 0 unspecified atom stereocenters. The number of fused-ring (bicyclic) bond motifs is 1. The van der Waals surface area contributed by atoms with Crippen molar-refractivity contribution in [3.8, 4) is 0 Å². The van der Waals surface area contributed by atoms with Crippen molar-refractivity contribution in [3.63, 3.8) is 0 Å². The van der Waals surface area contributed by atoms with Gasteiger partial charge >= 0.3 is 0 Å². The number of halogens is 1. The van der Waals surface area contributed by atoms with Crippen LogP contribution in [0.1, 0.15) is 26.3 Å². The molecule has 0 aliphatic carbocycles. The number of carbonyl (C=O) groups is 3. The number of anilines is 1. The van der Waals surface area contributed by atoms with Crippen LogP contribution in [0.2, 0.25) is 0 Å². The summed E-state index contributed by atoms with van der Waals surface area (Å²) in [4.78, 5) is 52.3. The molecule has 0 bridgehead atoms. The van der Waals surface area contributed by atoms with Gasteiger partial charge in [0.1, 0.15) is 11.4 Å². The summed E-state index contributed by atoms with van der Waals surface area (Å²) in [5, 5.41) is 8.18. The Morgan fingerprint density at radius 1 is 0.857 bits per heavy atom. The summed E-state index contributed by atoms with van der Waals surface area (Å²) in [5.74, 6) is -2.08. The number of rotatable bonds is 7. The number of para-hydroxylation sites is 1. The Hall–Kier alpha value is -4.79. The van der Waals surface area contributed by atoms with Gasteiger partial charge < -0.3 is 20.9 Å². The van der Waals surface area contributed by atoms with E-state index in [4.69, 9.17) is 0 Å². The van der Waals surface area contributed by atoms with Crippen LogP contribution in [0.15, 0.2) is 83.8 Å². The van der Waals surface area contributed by atoms with Crippen LogP contribution in [0.25, 0.3) is 10.9 Å². The Morgan fingerprint density at radius 3 is 2.49 bits per heavy atom. The maximum atomic E-state index is 13.3. The molecule has 0 atom stereocenters. The van der Waals surface area contributed by atoms with E-state index >= 15 is 0 Å². The van der Waals surface area contributed by atoms with Gasteiger partial charge in [0.05, 0.1) is 6.54 Å². The van der Waals surface area contributed by atoms with Crippen LogP contribution in [0.3, 0.4) is 0 Å². The van der Waals surface area contributed by atoms with Crippen molar-refractivity contribution in [2.45, 2.75) is 6.54 Å². The molecule has 9 heteroatoms. The van der Waals surface area contributed by atoms with Gasteiger partial charge in [0.25, 0.3) is 11.8 Å². The number of amides is 3. The van der Waals surface area contributed by atoms with Gasteiger partial charge in [0.15, 0.2) is 0 Å². The first-order valence-electron chi connectivity index (χ1n) is 10.7. The molecule has 0 saturated heterocycles. The fourth-order valence-electron chi connectivity index (χ4n) is 3.45. The number of nitrogens with one attached hydrogen (secondary N) is 4. The molecule has 8 nitrogen and oxygen atoms in total.